The van der Waals surface area contributed by atoms with E-state index in [1.165, 1.54) is 13.1 Å². The Morgan fingerprint density at radius 3 is 2.29 bits per heavy atom. The van der Waals surface area contributed by atoms with E-state index in [2.05, 4.69) is 10.6 Å². The Balaban J connectivity index is 2.13. The van der Waals surface area contributed by atoms with Crippen LogP contribution < -0.4 is 21.1 Å². The molecule has 0 radical (unpaired) electrons. The molecule has 0 saturated carbocycles. The number of rotatable bonds is 8. The quantitative estimate of drug-likeness (QED) is 0.631. The molecule has 0 saturated heterocycles. The first-order valence-corrected chi connectivity index (χ1v) is 9.48. The molecule has 1 atom stereocenters. The van der Waals surface area contributed by atoms with Crippen LogP contribution in [-0.4, -0.2) is 31.0 Å². The van der Waals surface area contributed by atoms with Gasteiger partial charge in [0.1, 0.15) is 11.8 Å². The number of benzene rings is 2. The van der Waals surface area contributed by atoms with Gasteiger partial charge in [0, 0.05) is 25.6 Å². The Bertz CT molecular complexity index is 822. The van der Waals surface area contributed by atoms with E-state index in [1.54, 1.807) is 12.1 Å². The maximum absolute atomic E-state index is 12.6. The van der Waals surface area contributed by atoms with Crippen LogP contribution >= 0.6 is 11.6 Å². The van der Waals surface area contributed by atoms with Crippen LogP contribution in [0.5, 0.6) is 5.75 Å². The molecular weight excluding hydrogens is 378 g/mol. The summed E-state index contributed by atoms with van der Waals surface area (Å²) < 4.78 is 5.58. The largest absolute Gasteiger partial charge is 0.489 e. The molecule has 2 amide bonds. The number of likely N-dealkylation sites (N-methyl/N-ethyl adjacent to an activating group) is 1. The van der Waals surface area contributed by atoms with Crippen molar-refractivity contribution in [2.45, 2.75) is 39.0 Å². The molecule has 0 heterocycles. The van der Waals surface area contributed by atoms with Crippen molar-refractivity contribution in [1.82, 2.24) is 10.6 Å². The minimum atomic E-state index is -0.716. The number of halogens is 1. The van der Waals surface area contributed by atoms with Crippen LogP contribution in [0.2, 0.25) is 5.02 Å². The lowest BCUT2D eigenvalue weighted by molar-refractivity contribution is -0.122. The van der Waals surface area contributed by atoms with Crippen molar-refractivity contribution in [2.24, 2.45) is 5.73 Å². The van der Waals surface area contributed by atoms with Crippen molar-refractivity contribution in [2.75, 3.05) is 7.05 Å². The fraction of sp³-hybridized carbons (Fsp3) is 0.333. The normalized spacial score (nSPS) is 11.8. The number of amides is 2. The van der Waals surface area contributed by atoms with Crippen LogP contribution in [0.15, 0.2) is 42.5 Å². The number of nitrogens with one attached hydrogen (secondary N) is 2. The number of nitrogens with two attached hydrogens (primary N) is 1. The van der Waals surface area contributed by atoms with Crippen LogP contribution in [0, 0.1) is 0 Å². The van der Waals surface area contributed by atoms with Gasteiger partial charge >= 0.3 is 0 Å². The third-order valence-electron chi connectivity index (χ3n) is 4.12. The first-order chi connectivity index (χ1) is 13.3. The van der Waals surface area contributed by atoms with E-state index in [1.807, 2.05) is 38.1 Å². The van der Waals surface area contributed by atoms with Gasteiger partial charge in [-0.3, -0.25) is 9.59 Å². The van der Waals surface area contributed by atoms with E-state index >= 15 is 0 Å². The van der Waals surface area contributed by atoms with Gasteiger partial charge in [-0.05, 0) is 43.2 Å². The van der Waals surface area contributed by atoms with E-state index in [4.69, 9.17) is 22.1 Å². The molecule has 0 fully saturated rings. The SMILES string of the molecule is CNC(=O)[C@H](Cc1ccc(CN)cc1)NC(=O)c1ccc(OC(C)C)c(Cl)c1. The molecule has 2 rings (SSSR count). The first kappa shape index (κ1) is 21.7. The van der Waals surface area contributed by atoms with Crippen LogP contribution in [-0.2, 0) is 17.8 Å². The van der Waals surface area contributed by atoms with Gasteiger partial charge in [0.15, 0.2) is 0 Å². The monoisotopic (exact) mass is 403 g/mol. The summed E-state index contributed by atoms with van der Waals surface area (Å²) in [6, 6.07) is 11.7. The Morgan fingerprint density at radius 2 is 1.75 bits per heavy atom. The fourth-order valence-electron chi connectivity index (χ4n) is 2.66. The number of carbonyl (C=O) groups is 2. The molecule has 2 aromatic rings. The summed E-state index contributed by atoms with van der Waals surface area (Å²) in [5.41, 5.74) is 7.89. The third kappa shape index (κ3) is 5.97. The van der Waals surface area contributed by atoms with E-state index in [-0.39, 0.29) is 17.9 Å². The number of hydrogen-bond acceptors (Lipinski definition) is 4. The Morgan fingerprint density at radius 1 is 1.11 bits per heavy atom. The Kier molecular flexibility index (Phi) is 7.84. The summed E-state index contributed by atoms with van der Waals surface area (Å²) in [5, 5.41) is 5.70. The fourth-order valence-corrected chi connectivity index (χ4v) is 2.89. The molecule has 0 bridgehead atoms. The van der Waals surface area contributed by atoms with Crippen LogP contribution in [0.3, 0.4) is 0 Å². The number of carbonyl (C=O) groups excluding carboxylic acids is 2. The second-order valence-corrected chi connectivity index (χ2v) is 7.08. The van der Waals surface area contributed by atoms with Gasteiger partial charge in [-0.1, -0.05) is 35.9 Å². The molecule has 4 N–H and O–H groups in total. The molecule has 7 heteroatoms. The summed E-state index contributed by atoms with van der Waals surface area (Å²) in [6.45, 7) is 4.24. The van der Waals surface area contributed by atoms with Gasteiger partial charge in [-0.2, -0.15) is 0 Å². The van der Waals surface area contributed by atoms with Crippen LogP contribution in [0.25, 0.3) is 0 Å². The first-order valence-electron chi connectivity index (χ1n) is 9.10. The maximum Gasteiger partial charge on any atom is 0.251 e. The highest BCUT2D eigenvalue weighted by molar-refractivity contribution is 6.32. The minimum Gasteiger partial charge on any atom is -0.489 e. The summed E-state index contributed by atoms with van der Waals surface area (Å²) in [4.78, 5) is 24.9. The minimum absolute atomic E-state index is 0.0273. The van der Waals surface area contributed by atoms with Gasteiger partial charge in [0.25, 0.3) is 5.91 Å². The van der Waals surface area contributed by atoms with Gasteiger partial charge in [-0.25, -0.2) is 0 Å². The summed E-state index contributed by atoms with van der Waals surface area (Å²) in [5.74, 6) is -0.150. The Hall–Kier alpha value is -2.57. The summed E-state index contributed by atoms with van der Waals surface area (Å²) >= 11 is 6.21. The van der Waals surface area contributed by atoms with Crippen LogP contribution in [0.1, 0.15) is 35.3 Å². The molecule has 0 unspecified atom stereocenters. The lowest BCUT2D eigenvalue weighted by atomic mass is 10.0. The van der Waals surface area contributed by atoms with Crippen molar-refractivity contribution < 1.29 is 14.3 Å². The highest BCUT2D eigenvalue weighted by Crippen LogP contribution is 2.26. The van der Waals surface area contributed by atoms with Crippen molar-refractivity contribution in [1.29, 1.82) is 0 Å². The van der Waals surface area contributed by atoms with E-state index in [0.29, 0.717) is 29.3 Å². The molecule has 0 aliphatic carbocycles. The van der Waals surface area contributed by atoms with E-state index < -0.39 is 6.04 Å². The van der Waals surface area contributed by atoms with Gasteiger partial charge < -0.3 is 21.1 Å². The van der Waals surface area contributed by atoms with Gasteiger partial charge in [0.2, 0.25) is 5.91 Å². The van der Waals surface area contributed by atoms with Crippen LogP contribution in [0.4, 0.5) is 0 Å². The third-order valence-corrected chi connectivity index (χ3v) is 4.42. The highest BCUT2D eigenvalue weighted by Gasteiger charge is 2.21. The smallest absolute Gasteiger partial charge is 0.251 e. The Labute approximate surface area is 170 Å². The van der Waals surface area contributed by atoms with Gasteiger partial charge in [-0.15, -0.1) is 0 Å². The molecular formula is C21H26ClN3O3. The van der Waals surface area contributed by atoms with Crippen molar-refractivity contribution in [3.05, 3.63) is 64.2 Å². The zero-order valence-corrected chi connectivity index (χ0v) is 17.0. The average molecular weight is 404 g/mol. The second kappa shape index (κ2) is 10.1. The predicted octanol–water partition coefficient (Wildman–Crippen LogP) is 2.67. The van der Waals surface area contributed by atoms with E-state index in [9.17, 15) is 9.59 Å². The molecule has 0 aliphatic rings. The zero-order valence-electron chi connectivity index (χ0n) is 16.3. The average Bonchev–Trinajstić information content (AvgIpc) is 2.68. The van der Waals surface area contributed by atoms with Crippen molar-refractivity contribution >= 4 is 23.4 Å². The summed E-state index contributed by atoms with van der Waals surface area (Å²) in [6.07, 6.45) is 0.332. The van der Waals surface area contributed by atoms with Crippen molar-refractivity contribution in [3.63, 3.8) is 0 Å². The van der Waals surface area contributed by atoms with Gasteiger partial charge in [0.05, 0.1) is 11.1 Å². The molecule has 6 nitrogen and oxygen atoms in total. The number of ether oxygens (including phenoxy) is 1. The highest BCUT2D eigenvalue weighted by atomic mass is 35.5. The lowest BCUT2D eigenvalue weighted by Crippen LogP contribution is -2.47. The molecule has 0 aromatic heterocycles. The molecule has 28 heavy (non-hydrogen) atoms. The zero-order chi connectivity index (χ0) is 20.7. The van der Waals surface area contributed by atoms with Crippen molar-refractivity contribution in [3.8, 4) is 5.75 Å². The summed E-state index contributed by atoms with van der Waals surface area (Å²) in [7, 11) is 1.54. The molecule has 2 aromatic carbocycles. The predicted molar refractivity (Wildman–Crippen MR) is 111 cm³/mol. The standard InChI is InChI=1S/C21H26ClN3O3/c1-13(2)28-19-9-8-16(11-17(19)22)20(26)25-18(21(27)24-3)10-14-4-6-15(12-23)7-5-14/h4-9,11,13,18H,10,12,23H2,1-3H3,(H,24,27)(H,25,26)/t18-/m0/s1. The molecule has 150 valence electrons. The number of hydrogen-bond donors (Lipinski definition) is 3. The lowest BCUT2D eigenvalue weighted by Gasteiger charge is -2.18. The molecule has 0 spiro atoms. The topological polar surface area (TPSA) is 93.5 Å². The van der Waals surface area contributed by atoms with E-state index in [0.717, 1.165) is 11.1 Å². The second-order valence-electron chi connectivity index (χ2n) is 6.68. The molecule has 0 aliphatic heterocycles. The maximum atomic E-state index is 12.6.